The third-order valence-electron chi connectivity index (χ3n) is 4.25. The van der Waals surface area contributed by atoms with Crippen LogP contribution in [-0.4, -0.2) is 10.9 Å². The molecule has 0 fully saturated rings. The lowest BCUT2D eigenvalue weighted by molar-refractivity contribution is 0.510. The van der Waals surface area contributed by atoms with E-state index in [4.69, 9.17) is 10.2 Å². The number of nitrogens with one attached hydrogen (secondary N) is 1. The summed E-state index contributed by atoms with van der Waals surface area (Å²) in [4.78, 5) is 8.66. The van der Waals surface area contributed by atoms with Crippen molar-refractivity contribution < 1.29 is 4.42 Å². The van der Waals surface area contributed by atoms with Crippen molar-refractivity contribution in [1.82, 2.24) is 4.98 Å². The summed E-state index contributed by atoms with van der Waals surface area (Å²) in [6.07, 6.45) is 3.58. The Morgan fingerprint density at radius 1 is 1.04 bits per heavy atom. The van der Waals surface area contributed by atoms with E-state index in [9.17, 15) is 0 Å². The van der Waals surface area contributed by atoms with Crippen molar-refractivity contribution in [1.29, 1.82) is 0 Å². The molecule has 0 bridgehead atoms. The summed E-state index contributed by atoms with van der Waals surface area (Å²) in [5, 5.41) is 3.25. The number of rotatable bonds is 6. The van der Waals surface area contributed by atoms with Crippen molar-refractivity contribution in [2.24, 2.45) is 10.7 Å². The maximum Gasteiger partial charge on any atom is 0.216 e. The molecule has 0 saturated heterocycles. The van der Waals surface area contributed by atoms with Gasteiger partial charge < -0.3 is 15.5 Å². The fourth-order valence-corrected chi connectivity index (χ4v) is 2.84. The molecule has 3 N–H and O–H groups in total. The van der Waals surface area contributed by atoms with E-state index in [-0.39, 0.29) is 24.0 Å². The van der Waals surface area contributed by atoms with E-state index >= 15 is 0 Å². The lowest BCUT2D eigenvalue weighted by atomic mass is 10.0. The topological polar surface area (TPSA) is 76.4 Å². The third kappa shape index (κ3) is 5.32. The zero-order valence-electron chi connectivity index (χ0n) is 15.6. The second kappa shape index (κ2) is 10.1. The molecule has 5 nitrogen and oxygen atoms in total. The van der Waals surface area contributed by atoms with E-state index in [1.54, 1.807) is 6.20 Å². The molecule has 3 aromatic rings. The number of aliphatic imine (C=N–C) groups is 1. The van der Waals surface area contributed by atoms with Gasteiger partial charge in [-0.3, -0.25) is 0 Å². The van der Waals surface area contributed by atoms with Gasteiger partial charge in [-0.1, -0.05) is 62.4 Å². The van der Waals surface area contributed by atoms with Crippen molar-refractivity contribution in [3.8, 4) is 11.3 Å². The zero-order valence-corrected chi connectivity index (χ0v) is 17.9. The van der Waals surface area contributed by atoms with Gasteiger partial charge in [0.1, 0.15) is 6.54 Å². The van der Waals surface area contributed by atoms with Crippen molar-refractivity contribution in [2.45, 2.75) is 33.2 Å². The highest BCUT2D eigenvalue weighted by Gasteiger charge is 2.08. The Morgan fingerprint density at radius 2 is 1.70 bits per heavy atom. The predicted octanol–water partition coefficient (Wildman–Crippen LogP) is 5.01. The summed E-state index contributed by atoms with van der Waals surface area (Å²) < 4.78 is 5.76. The molecule has 0 amide bonds. The average Bonchev–Trinajstić information content (AvgIpc) is 3.16. The summed E-state index contributed by atoms with van der Waals surface area (Å²) in [6.45, 7) is 4.55. The second-order valence-electron chi connectivity index (χ2n) is 5.97. The fraction of sp³-hybridized carbons (Fsp3) is 0.238. The number of guanidine groups is 1. The van der Waals surface area contributed by atoms with Crippen LogP contribution in [0.5, 0.6) is 0 Å². The zero-order chi connectivity index (χ0) is 18.4. The van der Waals surface area contributed by atoms with Crippen LogP contribution in [0, 0.1) is 0 Å². The number of benzene rings is 2. The number of anilines is 1. The van der Waals surface area contributed by atoms with E-state index in [1.807, 2.05) is 30.3 Å². The van der Waals surface area contributed by atoms with Gasteiger partial charge in [0.05, 0.1) is 6.20 Å². The number of halogens is 1. The molecule has 0 atom stereocenters. The Labute approximate surface area is 177 Å². The second-order valence-corrected chi connectivity index (χ2v) is 5.97. The van der Waals surface area contributed by atoms with Crippen LogP contribution in [0.4, 0.5) is 5.69 Å². The monoisotopic (exact) mass is 476 g/mol. The van der Waals surface area contributed by atoms with Gasteiger partial charge in [0, 0.05) is 11.3 Å². The number of aryl methyl sites for hydroxylation is 2. The molecular weight excluding hydrogens is 451 g/mol. The molecular formula is C21H25IN4O. The largest absolute Gasteiger partial charge is 0.439 e. The molecule has 1 heterocycles. The van der Waals surface area contributed by atoms with E-state index in [0.717, 1.165) is 29.9 Å². The smallest absolute Gasteiger partial charge is 0.216 e. The molecule has 0 spiro atoms. The number of aromatic nitrogens is 1. The van der Waals surface area contributed by atoms with Crippen molar-refractivity contribution >= 4 is 35.6 Å². The van der Waals surface area contributed by atoms with E-state index in [0.29, 0.717) is 18.4 Å². The molecule has 0 aliphatic heterocycles. The molecule has 6 heteroatoms. The minimum absolute atomic E-state index is 0. The van der Waals surface area contributed by atoms with Crippen LogP contribution in [0.3, 0.4) is 0 Å². The lowest BCUT2D eigenvalue weighted by Crippen LogP contribution is -2.24. The normalized spacial score (nSPS) is 11.1. The fourth-order valence-electron chi connectivity index (χ4n) is 2.84. The maximum atomic E-state index is 6.09. The van der Waals surface area contributed by atoms with E-state index in [2.05, 4.69) is 47.3 Å². The Kier molecular flexibility index (Phi) is 7.84. The van der Waals surface area contributed by atoms with Crippen LogP contribution >= 0.6 is 24.0 Å². The first-order chi connectivity index (χ1) is 12.7. The molecule has 0 unspecified atom stereocenters. The molecule has 27 heavy (non-hydrogen) atoms. The van der Waals surface area contributed by atoms with Crippen LogP contribution in [0.2, 0.25) is 0 Å². The molecule has 0 aliphatic rings. The van der Waals surface area contributed by atoms with Gasteiger partial charge in [0.2, 0.25) is 5.89 Å². The summed E-state index contributed by atoms with van der Waals surface area (Å²) in [6, 6.07) is 16.2. The quantitative estimate of drug-likeness (QED) is 0.298. The van der Waals surface area contributed by atoms with Gasteiger partial charge in [-0.25, -0.2) is 9.98 Å². The van der Waals surface area contributed by atoms with Gasteiger partial charge >= 0.3 is 0 Å². The van der Waals surface area contributed by atoms with Gasteiger partial charge in [0.15, 0.2) is 11.7 Å². The molecule has 142 valence electrons. The first-order valence-corrected chi connectivity index (χ1v) is 8.89. The van der Waals surface area contributed by atoms with Crippen molar-refractivity contribution in [3.63, 3.8) is 0 Å². The summed E-state index contributed by atoms with van der Waals surface area (Å²) in [5.41, 5.74) is 10.6. The Bertz CT molecular complexity index is 868. The maximum absolute atomic E-state index is 6.09. The number of nitrogens with zero attached hydrogens (tertiary/aromatic N) is 2. The summed E-state index contributed by atoms with van der Waals surface area (Å²) in [7, 11) is 0. The lowest BCUT2D eigenvalue weighted by Gasteiger charge is -2.14. The number of nitrogens with two attached hydrogens (primary N) is 1. The highest BCUT2D eigenvalue weighted by Crippen LogP contribution is 2.23. The van der Waals surface area contributed by atoms with Crippen LogP contribution < -0.4 is 11.1 Å². The first-order valence-electron chi connectivity index (χ1n) is 8.89. The highest BCUT2D eigenvalue weighted by molar-refractivity contribution is 14.0. The van der Waals surface area contributed by atoms with Crippen LogP contribution in [-0.2, 0) is 19.4 Å². The Morgan fingerprint density at radius 3 is 2.33 bits per heavy atom. The van der Waals surface area contributed by atoms with E-state index in [1.165, 1.54) is 11.1 Å². The van der Waals surface area contributed by atoms with Crippen molar-refractivity contribution in [2.75, 3.05) is 5.32 Å². The molecule has 3 rings (SSSR count). The van der Waals surface area contributed by atoms with Gasteiger partial charge in [-0.15, -0.1) is 24.0 Å². The molecule has 0 saturated carbocycles. The third-order valence-corrected chi connectivity index (χ3v) is 4.25. The Hall–Kier alpha value is -2.35. The number of para-hydroxylation sites is 1. The Balaban J connectivity index is 0.00000261. The highest BCUT2D eigenvalue weighted by atomic mass is 127. The summed E-state index contributed by atoms with van der Waals surface area (Å²) in [5.74, 6) is 1.63. The predicted molar refractivity (Wildman–Crippen MR) is 122 cm³/mol. The SMILES string of the molecule is CCc1cccc(CC)c1NC(N)=NCc1ncc(-c2ccccc2)o1.I. The molecule has 0 aliphatic carbocycles. The summed E-state index contributed by atoms with van der Waals surface area (Å²) >= 11 is 0. The number of oxazole rings is 1. The van der Waals surface area contributed by atoms with Crippen LogP contribution in [0.25, 0.3) is 11.3 Å². The van der Waals surface area contributed by atoms with Gasteiger partial charge in [0.25, 0.3) is 0 Å². The van der Waals surface area contributed by atoms with E-state index < -0.39 is 0 Å². The average molecular weight is 476 g/mol. The minimum atomic E-state index is 0. The number of hydrogen-bond donors (Lipinski definition) is 2. The van der Waals surface area contributed by atoms with Gasteiger partial charge in [-0.05, 0) is 24.0 Å². The molecule has 2 aromatic carbocycles. The van der Waals surface area contributed by atoms with Crippen molar-refractivity contribution in [3.05, 3.63) is 71.7 Å². The van der Waals surface area contributed by atoms with Gasteiger partial charge in [-0.2, -0.15) is 0 Å². The molecule has 0 radical (unpaired) electrons. The minimum Gasteiger partial charge on any atom is -0.439 e. The van der Waals surface area contributed by atoms with Crippen LogP contribution in [0.1, 0.15) is 30.9 Å². The standard InChI is InChI=1S/C21H24N4O.HI/c1-3-15-11-8-12-16(4-2)20(15)25-21(22)24-14-19-23-13-18(26-19)17-9-6-5-7-10-17;/h5-13H,3-4,14H2,1-2H3,(H3,22,24,25);1H. The van der Waals surface area contributed by atoms with Crippen LogP contribution in [0.15, 0.2) is 64.1 Å². The number of hydrogen-bond acceptors (Lipinski definition) is 3. The molecule has 1 aromatic heterocycles. The first kappa shape index (κ1) is 21.0.